The Morgan fingerprint density at radius 2 is 2.14 bits per heavy atom. The van der Waals surface area contributed by atoms with Gasteiger partial charge < -0.3 is 15.1 Å². The van der Waals surface area contributed by atoms with Gasteiger partial charge in [0.25, 0.3) is 0 Å². The summed E-state index contributed by atoms with van der Waals surface area (Å²) >= 11 is 1.75. The fourth-order valence-corrected chi connectivity index (χ4v) is 4.33. The molecule has 0 spiro atoms. The summed E-state index contributed by atoms with van der Waals surface area (Å²) in [5.74, 6) is 1.87. The van der Waals surface area contributed by atoms with E-state index in [4.69, 9.17) is 9.41 Å². The lowest BCUT2D eigenvalue weighted by atomic mass is 10.1. The molecule has 0 radical (unpaired) electrons. The predicted molar refractivity (Wildman–Crippen MR) is 116 cm³/mol. The van der Waals surface area contributed by atoms with Crippen molar-refractivity contribution in [3.8, 4) is 0 Å². The van der Waals surface area contributed by atoms with E-state index in [1.807, 2.05) is 6.07 Å². The van der Waals surface area contributed by atoms with Crippen molar-refractivity contribution in [1.29, 1.82) is 0 Å². The van der Waals surface area contributed by atoms with Crippen molar-refractivity contribution in [2.45, 2.75) is 52.0 Å². The van der Waals surface area contributed by atoms with Crippen molar-refractivity contribution < 1.29 is 4.42 Å². The average Bonchev–Trinajstić information content (AvgIpc) is 3.41. The first kappa shape index (κ1) is 20.9. The lowest BCUT2D eigenvalue weighted by Gasteiger charge is -2.32. The number of rotatable bonds is 9. The Morgan fingerprint density at radius 1 is 1.29 bits per heavy atom. The van der Waals surface area contributed by atoms with Crippen LogP contribution < -0.4 is 10.6 Å². The number of aryl methyl sites for hydroxylation is 1. The molecular weight excluding hydrogens is 370 g/mol. The highest BCUT2D eigenvalue weighted by atomic mass is 32.1. The Bertz CT molecular complexity index is 706. The molecule has 0 aliphatic carbocycles. The Morgan fingerprint density at radius 3 is 2.82 bits per heavy atom. The molecule has 2 aromatic rings. The molecule has 3 heterocycles. The van der Waals surface area contributed by atoms with E-state index in [-0.39, 0.29) is 6.04 Å². The van der Waals surface area contributed by atoms with Crippen LogP contribution in [-0.2, 0) is 12.8 Å². The average molecular weight is 404 g/mol. The SMILES string of the molecule is CCNC(=NCC(c1ccco1)N1CCCCC1)NCCc1csc(CC)n1. The van der Waals surface area contributed by atoms with Crippen LogP contribution in [0, 0.1) is 0 Å². The van der Waals surface area contributed by atoms with Gasteiger partial charge in [-0.05, 0) is 51.4 Å². The van der Waals surface area contributed by atoms with E-state index in [2.05, 4.69) is 45.8 Å². The Balaban J connectivity index is 1.58. The van der Waals surface area contributed by atoms with Gasteiger partial charge in [0.05, 0.1) is 29.6 Å². The first-order chi connectivity index (χ1) is 13.8. The smallest absolute Gasteiger partial charge is 0.191 e. The molecule has 3 rings (SSSR count). The topological polar surface area (TPSA) is 65.7 Å². The third-order valence-electron chi connectivity index (χ3n) is 5.04. The molecule has 1 atom stereocenters. The van der Waals surface area contributed by atoms with Crippen LogP contribution in [0.1, 0.15) is 55.6 Å². The second-order valence-corrected chi connectivity index (χ2v) is 8.05. The first-order valence-corrected chi connectivity index (χ1v) is 11.4. The van der Waals surface area contributed by atoms with E-state index in [1.165, 1.54) is 24.3 Å². The van der Waals surface area contributed by atoms with E-state index in [1.54, 1.807) is 17.6 Å². The summed E-state index contributed by atoms with van der Waals surface area (Å²) in [6.45, 7) is 8.85. The van der Waals surface area contributed by atoms with E-state index in [9.17, 15) is 0 Å². The maximum atomic E-state index is 5.73. The molecule has 7 heteroatoms. The Labute approximate surface area is 172 Å². The number of nitrogens with one attached hydrogen (secondary N) is 2. The van der Waals surface area contributed by atoms with Gasteiger partial charge in [-0.15, -0.1) is 11.3 Å². The zero-order valence-corrected chi connectivity index (χ0v) is 17.9. The number of nitrogens with zero attached hydrogens (tertiary/aromatic N) is 3. The molecular formula is C21H33N5OS. The maximum Gasteiger partial charge on any atom is 0.191 e. The highest BCUT2D eigenvalue weighted by molar-refractivity contribution is 7.09. The van der Waals surface area contributed by atoms with Gasteiger partial charge in [-0.3, -0.25) is 9.89 Å². The van der Waals surface area contributed by atoms with E-state index in [0.717, 1.165) is 56.4 Å². The van der Waals surface area contributed by atoms with Gasteiger partial charge in [0.15, 0.2) is 5.96 Å². The van der Waals surface area contributed by atoms with E-state index < -0.39 is 0 Å². The summed E-state index contributed by atoms with van der Waals surface area (Å²) in [5.41, 5.74) is 1.16. The summed E-state index contributed by atoms with van der Waals surface area (Å²) in [7, 11) is 0. The highest BCUT2D eigenvalue weighted by Crippen LogP contribution is 2.25. The van der Waals surface area contributed by atoms with E-state index >= 15 is 0 Å². The summed E-state index contributed by atoms with van der Waals surface area (Å²) < 4.78 is 5.73. The standard InChI is InChI=1S/C21H33N5OS/c1-3-20-25-17(16-28-20)10-11-23-21(22-4-2)24-15-18(19-9-8-14-27-19)26-12-6-5-7-13-26/h8-9,14,16,18H,3-7,10-13,15H2,1-2H3,(H2,22,23,24). The van der Waals surface area contributed by atoms with E-state index in [0.29, 0.717) is 6.54 Å². The molecule has 2 aromatic heterocycles. The summed E-state index contributed by atoms with van der Waals surface area (Å²) in [6, 6.07) is 4.25. The number of piperidine rings is 1. The molecule has 0 bridgehead atoms. The minimum absolute atomic E-state index is 0.205. The lowest BCUT2D eigenvalue weighted by Crippen LogP contribution is -2.40. The second kappa shape index (κ2) is 11.2. The molecule has 1 fully saturated rings. The van der Waals surface area contributed by atoms with Gasteiger partial charge >= 0.3 is 0 Å². The molecule has 0 amide bonds. The number of aromatic nitrogens is 1. The number of thiazole rings is 1. The van der Waals surface area contributed by atoms with Crippen molar-refractivity contribution in [3.05, 3.63) is 40.2 Å². The van der Waals surface area contributed by atoms with Gasteiger partial charge in [-0.1, -0.05) is 13.3 Å². The minimum atomic E-state index is 0.205. The van der Waals surface area contributed by atoms with Crippen LogP contribution in [0.3, 0.4) is 0 Å². The van der Waals surface area contributed by atoms with Crippen LogP contribution in [0.4, 0.5) is 0 Å². The number of furan rings is 1. The fourth-order valence-electron chi connectivity index (χ4n) is 3.55. The molecule has 1 unspecified atom stereocenters. The van der Waals surface area contributed by atoms with Crippen LogP contribution in [0.25, 0.3) is 0 Å². The van der Waals surface area contributed by atoms with Crippen molar-refractivity contribution in [1.82, 2.24) is 20.5 Å². The Hall–Kier alpha value is -1.86. The summed E-state index contributed by atoms with van der Waals surface area (Å²) in [6.07, 6.45) is 7.52. The van der Waals surface area contributed by atoms with Crippen molar-refractivity contribution >= 4 is 17.3 Å². The molecule has 1 aliphatic heterocycles. The quantitative estimate of drug-likeness (QED) is 0.494. The normalized spacial score (nSPS) is 16.9. The molecule has 28 heavy (non-hydrogen) atoms. The van der Waals surface area contributed by atoms with Crippen LogP contribution in [0.15, 0.2) is 33.2 Å². The monoisotopic (exact) mass is 403 g/mol. The zero-order valence-electron chi connectivity index (χ0n) is 17.1. The molecule has 154 valence electrons. The van der Waals surface area contributed by atoms with Crippen molar-refractivity contribution in [2.75, 3.05) is 32.7 Å². The highest BCUT2D eigenvalue weighted by Gasteiger charge is 2.24. The van der Waals surface area contributed by atoms with Gasteiger partial charge in [-0.2, -0.15) is 0 Å². The van der Waals surface area contributed by atoms with Crippen LogP contribution in [0.5, 0.6) is 0 Å². The van der Waals surface area contributed by atoms with Crippen LogP contribution in [0.2, 0.25) is 0 Å². The number of guanidine groups is 1. The predicted octanol–water partition coefficient (Wildman–Crippen LogP) is 3.62. The number of hydrogen-bond donors (Lipinski definition) is 2. The third-order valence-corrected chi connectivity index (χ3v) is 6.09. The van der Waals surface area contributed by atoms with Gasteiger partial charge in [0, 0.05) is 24.9 Å². The maximum absolute atomic E-state index is 5.73. The second-order valence-electron chi connectivity index (χ2n) is 7.11. The Kier molecular flexibility index (Phi) is 8.36. The van der Waals surface area contributed by atoms with Crippen LogP contribution >= 0.6 is 11.3 Å². The molecule has 0 saturated carbocycles. The number of likely N-dealkylation sites (tertiary alicyclic amines) is 1. The van der Waals surface area contributed by atoms with Gasteiger partial charge in [0.2, 0.25) is 0 Å². The van der Waals surface area contributed by atoms with Gasteiger partial charge in [0.1, 0.15) is 5.76 Å². The molecule has 6 nitrogen and oxygen atoms in total. The lowest BCUT2D eigenvalue weighted by molar-refractivity contribution is 0.150. The summed E-state index contributed by atoms with van der Waals surface area (Å²) in [4.78, 5) is 12.0. The largest absolute Gasteiger partial charge is 0.468 e. The minimum Gasteiger partial charge on any atom is -0.468 e. The van der Waals surface area contributed by atoms with Crippen molar-refractivity contribution in [3.63, 3.8) is 0 Å². The van der Waals surface area contributed by atoms with Crippen LogP contribution in [-0.4, -0.2) is 48.6 Å². The zero-order chi connectivity index (χ0) is 19.6. The number of hydrogen-bond acceptors (Lipinski definition) is 5. The number of aliphatic imine (C=N–C) groups is 1. The summed E-state index contributed by atoms with van der Waals surface area (Å²) in [5, 5.41) is 10.2. The molecule has 1 saturated heterocycles. The first-order valence-electron chi connectivity index (χ1n) is 10.5. The fraction of sp³-hybridized carbons (Fsp3) is 0.619. The van der Waals surface area contributed by atoms with Crippen molar-refractivity contribution in [2.24, 2.45) is 4.99 Å². The molecule has 2 N–H and O–H groups in total. The van der Waals surface area contributed by atoms with Gasteiger partial charge in [-0.25, -0.2) is 4.98 Å². The molecule has 1 aliphatic rings. The third kappa shape index (κ3) is 6.07. The molecule has 0 aromatic carbocycles.